The highest BCUT2D eigenvalue weighted by atomic mass is 32.3. The molecule has 2 aromatic rings. The molecule has 0 aliphatic rings. The Bertz CT molecular complexity index is 605. The maximum Gasteiger partial charge on any atom is 0.446 e. The Morgan fingerprint density at radius 2 is 1.28 bits per heavy atom. The first-order chi connectivity index (χ1) is 8.53. The van der Waals surface area contributed by atoms with Crippen LogP contribution >= 0.6 is 0 Å². The topological polar surface area (TPSA) is 72.8 Å². The lowest BCUT2D eigenvalue weighted by Gasteiger charge is -2.06. The highest BCUT2D eigenvalue weighted by molar-refractivity contribution is 7.81. The molecular formula is C12H10O5S. The molecule has 0 bridgehead atoms. The SMILES string of the molecule is O=S(=O)(O)Oc1ccc(Oc2ccccc2)cc1. The second kappa shape index (κ2) is 5.07. The highest BCUT2D eigenvalue weighted by Gasteiger charge is 2.06. The van der Waals surface area contributed by atoms with Crippen LogP contribution in [0, 0.1) is 0 Å². The second-order valence-electron chi connectivity index (χ2n) is 3.40. The van der Waals surface area contributed by atoms with Crippen LogP contribution in [0.5, 0.6) is 17.2 Å². The molecule has 0 aliphatic heterocycles. The Morgan fingerprint density at radius 1 is 0.778 bits per heavy atom. The van der Waals surface area contributed by atoms with E-state index in [0.717, 1.165) is 0 Å². The van der Waals surface area contributed by atoms with Crippen molar-refractivity contribution in [3.8, 4) is 17.2 Å². The normalized spacial score (nSPS) is 10.9. The molecule has 18 heavy (non-hydrogen) atoms. The molecular weight excluding hydrogens is 256 g/mol. The molecule has 1 N–H and O–H groups in total. The molecule has 0 aromatic heterocycles. The van der Waals surface area contributed by atoms with Crippen LogP contribution in [-0.4, -0.2) is 13.0 Å². The fourth-order valence-corrected chi connectivity index (χ4v) is 1.66. The van der Waals surface area contributed by atoms with Gasteiger partial charge in [-0.3, -0.25) is 4.55 Å². The van der Waals surface area contributed by atoms with Gasteiger partial charge in [0.2, 0.25) is 0 Å². The Morgan fingerprint density at radius 3 is 1.83 bits per heavy atom. The quantitative estimate of drug-likeness (QED) is 0.861. The summed E-state index contributed by atoms with van der Waals surface area (Å²) in [7, 11) is -4.49. The summed E-state index contributed by atoms with van der Waals surface area (Å²) in [5, 5.41) is 0. The molecule has 5 nitrogen and oxygen atoms in total. The molecule has 0 radical (unpaired) electrons. The molecule has 0 fully saturated rings. The Hall–Kier alpha value is -2.05. The van der Waals surface area contributed by atoms with Crippen LogP contribution in [-0.2, 0) is 10.4 Å². The zero-order chi connectivity index (χ0) is 13.0. The molecule has 0 saturated heterocycles. The molecule has 0 spiro atoms. The molecule has 0 saturated carbocycles. The van der Waals surface area contributed by atoms with Crippen LogP contribution in [0.3, 0.4) is 0 Å². The van der Waals surface area contributed by atoms with Crippen molar-refractivity contribution >= 4 is 10.4 Å². The first-order valence-corrected chi connectivity index (χ1v) is 6.39. The Balaban J connectivity index is 2.09. The van der Waals surface area contributed by atoms with Gasteiger partial charge in [0.25, 0.3) is 0 Å². The maximum atomic E-state index is 10.5. The minimum Gasteiger partial charge on any atom is -0.457 e. The van der Waals surface area contributed by atoms with Crippen molar-refractivity contribution in [3.05, 3.63) is 54.6 Å². The molecule has 0 aliphatic carbocycles. The van der Waals surface area contributed by atoms with Gasteiger partial charge in [-0.05, 0) is 36.4 Å². The Kier molecular flexibility index (Phi) is 3.50. The van der Waals surface area contributed by atoms with E-state index in [1.807, 2.05) is 18.2 Å². The predicted octanol–water partition coefficient (Wildman–Crippen LogP) is 2.66. The van der Waals surface area contributed by atoms with E-state index >= 15 is 0 Å². The predicted molar refractivity (Wildman–Crippen MR) is 65.1 cm³/mol. The van der Waals surface area contributed by atoms with Crippen LogP contribution in [0.15, 0.2) is 54.6 Å². The molecule has 0 atom stereocenters. The third-order valence-electron chi connectivity index (χ3n) is 2.00. The smallest absolute Gasteiger partial charge is 0.446 e. The van der Waals surface area contributed by atoms with Crippen LogP contribution in [0.4, 0.5) is 0 Å². The van der Waals surface area contributed by atoms with Crippen LogP contribution in [0.25, 0.3) is 0 Å². The minimum absolute atomic E-state index is 0.0120. The van der Waals surface area contributed by atoms with E-state index in [2.05, 4.69) is 4.18 Å². The van der Waals surface area contributed by atoms with Crippen molar-refractivity contribution in [3.63, 3.8) is 0 Å². The molecule has 6 heteroatoms. The zero-order valence-corrected chi connectivity index (χ0v) is 10.0. The summed E-state index contributed by atoms with van der Waals surface area (Å²) in [6.07, 6.45) is 0. The van der Waals surface area contributed by atoms with E-state index in [4.69, 9.17) is 9.29 Å². The molecule has 0 amide bonds. The van der Waals surface area contributed by atoms with Crippen molar-refractivity contribution in [1.82, 2.24) is 0 Å². The monoisotopic (exact) mass is 266 g/mol. The van der Waals surface area contributed by atoms with Gasteiger partial charge in [0.15, 0.2) is 0 Å². The van der Waals surface area contributed by atoms with E-state index in [1.54, 1.807) is 12.1 Å². The number of hydrogen-bond acceptors (Lipinski definition) is 4. The van der Waals surface area contributed by atoms with E-state index in [-0.39, 0.29) is 5.75 Å². The fourth-order valence-electron chi connectivity index (χ4n) is 1.31. The van der Waals surface area contributed by atoms with Gasteiger partial charge in [0, 0.05) is 0 Å². The summed E-state index contributed by atoms with van der Waals surface area (Å²) >= 11 is 0. The fraction of sp³-hybridized carbons (Fsp3) is 0. The summed E-state index contributed by atoms with van der Waals surface area (Å²) in [4.78, 5) is 0. The number of ether oxygens (including phenoxy) is 1. The van der Waals surface area contributed by atoms with Crippen LogP contribution < -0.4 is 8.92 Å². The number of para-hydroxylation sites is 1. The maximum absolute atomic E-state index is 10.5. The van der Waals surface area contributed by atoms with Crippen molar-refractivity contribution in [2.75, 3.05) is 0 Å². The average molecular weight is 266 g/mol. The van der Waals surface area contributed by atoms with E-state index in [1.165, 1.54) is 24.3 Å². The number of benzene rings is 2. The first-order valence-electron chi connectivity index (χ1n) is 5.03. The largest absolute Gasteiger partial charge is 0.457 e. The lowest BCUT2D eigenvalue weighted by Crippen LogP contribution is -2.06. The van der Waals surface area contributed by atoms with Crippen molar-refractivity contribution in [2.45, 2.75) is 0 Å². The number of hydrogen-bond donors (Lipinski definition) is 1. The van der Waals surface area contributed by atoms with E-state index < -0.39 is 10.4 Å². The van der Waals surface area contributed by atoms with Gasteiger partial charge in [0.05, 0.1) is 0 Å². The standard InChI is InChI=1S/C12H10O5S/c13-18(14,15)17-12-8-6-11(7-9-12)16-10-4-2-1-3-5-10/h1-9H,(H,13,14,15). The van der Waals surface area contributed by atoms with Crippen molar-refractivity contribution in [1.29, 1.82) is 0 Å². The highest BCUT2D eigenvalue weighted by Crippen LogP contribution is 2.23. The summed E-state index contributed by atoms with van der Waals surface area (Å²) in [6.45, 7) is 0. The lowest BCUT2D eigenvalue weighted by atomic mass is 10.3. The van der Waals surface area contributed by atoms with Crippen LogP contribution in [0.1, 0.15) is 0 Å². The van der Waals surface area contributed by atoms with E-state index in [9.17, 15) is 8.42 Å². The Labute approximate surface area is 105 Å². The third kappa shape index (κ3) is 3.76. The average Bonchev–Trinajstić information content (AvgIpc) is 2.31. The third-order valence-corrected chi connectivity index (χ3v) is 2.41. The summed E-state index contributed by atoms with van der Waals surface area (Å²) in [5.74, 6) is 1.21. The number of rotatable bonds is 4. The van der Waals surface area contributed by atoms with Gasteiger partial charge < -0.3 is 8.92 Å². The van der Waals surface area contributed by atoms with Crippen molar-refractivity contribution < 1.29 is 21.9 Å². The van der Waals surface area contributed by atoms with Gasteiger partial charge in [-0.2, -0.15) is 8.42 Å². The van der Waals surface area contributed by atoms with Gasteiger partial charge in [-0.1, -0.05) is 18.2 Å². The van der Waals surface area contributed by atoms with Crippen LogP contribution in [0.2, 0.25) is 0 Å². The molecule has 0 unspecified atom stereocenters. The van der Waals surface area contributed by atoms with Gasteiger partial charge in [-0.25, -0.2) is 0 Å². The minimum atomic E-state index is -4.49. The lowest BCUT2D eigenvalue weighted by molar-refractivity contribution is 0.386. The van der Waals surface area contributed by atoms with Gasteiger partial charge in [0.1, 0.15) is 17.2 Å². The van der Waals surface area contributed by atoms with E-state index in [0.29, 0.717) is 11.5 Å². The summed E-state index contributed by atoms with van der Waals surface area (Å²) < 4.78 is 39.2. The second-order valence-corrected chi connectivity index (χ2v) is 4.42. The molecule has 2 aromatic carbocycles. The molecule has 2 rings (SSSR count). The first kappa shape index (κ1) is 12.4. The molecule has 94 valence electrons. The van der Waals surface area contributed by atoms with Crippen molar-refractivity contribution in [2.24, 2.45) is 0 Å². The van der Waals surface area contributed by atoms with Gasteiger partial charge in [-0.15, -0.1) is 0 Å². The summed E-state index contributed by atoms with van der Waals surface area (Å²) in [5.41, 5.74) is 0. The zero-order valence-electron chi connectivity index (χ0n) is 9.18. The van der Waals surface area contributed by atoms with Gasteiger partial charge >= 0.3 is 10.4 Å². The summed E-state index contributed by atoms with van der Waals surface area (Å²) in [6, 6.07) is 15.0. The molecule has 0 heterocycles.